The Hall–Kier alpha value is -1.30. The molecule has 0 aliphatic rings. The first-order valence-corrected chi connectivity index (χ1v) is 7.06. The number of hydrogen-bond acceptors (Lipinski definition) is 4. The third-order valence-electron chi connectivity index (χ3n) is 2.16. The highest BCUT2D eigenvalue weighted by atomic mass is 35.5. The highest BCUT2D eigenvalue weighted by Crippen LogP contribution is 2.21. The highest BCUT2D eigenvalue weighted by Gasteiger charge is 2.10. The lowest BCUT2D eigenvalue weighted by Gasteiger charge is -2.06. The van der Waals surface area contributed by atoms with Crippen LogP contribution in [0.15, 0.2) is 29.8 Å². The van der Waals surface area contributed by atoms with Crippen molar-refractivity contribution in [2.75, 3.05) is 13.2 Å². The zero-order valence-electron chi connectivity index (χ0n) is 9.73. The van der Waals surface area contributed by atoms with E-state index >= 15 is 0 Å². The van der Waals surface area contributed by atoms with Crippen LogP contribution >= 0.6 is 34.5 Å². The number of halogens is 2. The largest absolute Gasteiger partial charge is 0.476 e. The van der Waals surface area contributed by atoms with E-state index in [1.165, 1.54) is 17.5 Å². The maximum absolute atomic E-state index is 11.7. The predicted octanol–water partition coefficient (Wildman–Crippen LogP) is 3.26. The third-order valence-corrected chi connectivity index (χ3v) is 3.72. The Kier molecular flexibility index (Phi) is 5.01. The topological polar surface area (TPSA) is 51.2 Å². The first-order chi connectivity index (χ1) is 9.16. The second-order valence-corrected chi connectivity index (χ2v) is 5.28. The van der Waals surface area contributed by atoms with Gasteiger partial charge in [-0.25, -0.2) is 4.98 Å². The second kappa shape index (κ2) is 6.75. The number of aromatic nitrogens is 1. The van der Waals surface area contributed by atoms with E-state index in [-0.39, 0.29) is 5.91 Å². The fourth-order valence-electron chi connectivity index (χ4n) is 1.30. The van der Waals surface area contributed by atoms with Gasteiger partial charge in [0.15, 0.2) is 0 Å². The number of carbonyl (C=O) groups excluding carboxylic acids is 1. The van der Waals surface area contributed by atoms with E-state index in [1.54, 1.807) is 23.6 Å². The Labute approximate surface area is 124 Å². The second-order valence-electron chi connectivity index (χ2n) is 3.52. The van der Waals surface area contributed by atoms with Crippen LogP contribution in [-0.4, -0.2) is 24.0 Å². The molecule has 0 saturated carbocycles. The number of pyridine rings is 1. The number of nitrogens with zero attached hydrogens (tertiary/aromatic N) is 1. The molecule has 0 spiro atoms. The smallest absolute Gasteiger partial charge is 0.263 e. The lowest BCUT2D eigenvalue weighted by molar-refractivity contribution is 0.0951. The molecule has 0 radical (unpaired) electrons. The molecule has 2 aromatic heterocycles. The Morgan fingerprint density at radius 1 is 1.37 bits per heavy atom. The van der Waals surface area contributed by atoms with Gasteiger partial charge in [0.2, 0.25) is 5.88 Å². The standard InChI is InChI=1S/C12H10Cl2N2O2S/c13-8-1-2-10(16-7-8)18-5-4-15-12(17)11-9(14)3-6-19-11/h1-3,6-7H,4-5H2,(H,15,17). The zero-order valence-corrected chi connectivity index (χ0v) is 12.1. The van der Waals surface area contributed by atoms with E-state index in [2.05, 4.69) is 10.3 Å². The summed E-state index contributed by atoms with van der Waals surface area (Å²) in [4.78, 5) is 16.2. The fraction of sp³-hybridized carbons (Fsp3) is 0.167. The van der Waals surface area contributed by atoms with Crippen molar-refractivity contribution >= 4 is 40.4 Å². The van der Waals surface area contributed by atoms with Crippen molar-refractivity contribution in [2.45, 2.75) is 0 Å². The summed E-state index contributed by atoms with van der Waals surface area (Å²) in [7, 11) is 0. The molecule has 4 nitrogen and oxygen atoms in total. The van der Waals surface area contributed by atoms with Gasteiger partial charge in [0.25, 0.3) is 5.91 Å². The van der Waals surface area contributed by atoms with Gasteiger partial charge in [-0.3, -0.25) is 4.79 Å². The Balaban J connectivity index is 1.74. The molecule has 2 rings (SSSR count). The molecule has 19 heavy (non-hydrogen) atoms. The lowest BCUT2D eigenvalue weighted by atomic mass is 10.4. The van der Waals surface area contributed by atoms with Gasteiger partial charge < -0.3 is 10.1 Å². The lowest BCUT2D eigenvalue weighted by Crippen LogP contribution is -2.27. The van der Waals surface area contributed by atoms with Gasteiger partial charge in [-0.05, 0) is 17.5 Å². The molecule has 2 aromatic rings. The molecule has 0 fully saturated rings. The van der Waals surface area contributed by atoms with Gasteiger partial charge in [0.1, 0.15) is 11.5 Å². The van der Waals surface area contributed by atoms with Crippen LogP contribution in [-0.2, 0) is 0 Å². The summed E-state index contributed by atoms with van der Waals surface area (Å²) in [5.74, 6) is 0.264. The van der Waals surface area contributed by atoms with E-state index in [0.717, 1.165) is 0 Å². The van der Waals surface area contributed by atoms with E-state index in [0.29, 0.717) is 34.0 Å². The summed E-state index contributed by atoms with van der Waals surface area (Å²) < 4.78 is 5.34. The SMILES string of the molecule is O=C(NCCOc1ccc(Cl)cn1)c1sccc1Cl. The van der Waals surface area contributed by atoms with Crippen LogP contribution in [0.3, 0.4) is 0 Å². The summed E-state index contributed by atoms with van der Waals surface area (Å²) in [5, 5.41) is 5.49. The summed E-state index contributed by atoms with van der Waals surface area (Å²) >= 11 is 12.9. The minimum absolute atomic E-state index is 0.201. The van der Waals surface area contributed by atoms with Gasteiger partial charge in [-0.2, -0.15) is 0 Å². The minimum atomic E-state index is -0.201. The number of ether oxygens (including phenoxy) is 1. The monoisotopic (exact) mass is 316 g/mol. The van der Waals surface area contributed by atoms with E-state index in [4.69, 9.17) is 27.9 Å². The molecule has 0 aliphatic heterocycles. The summed E-state index contributed by atoms with van der Waals surface area (Å²) in [6.45, 7) is 0.695. The van der Waals surface area contributed by atoms with Crippen LogP contribution in [0.2, 0.25) is 10.0 Å². The van der Waals surface area contributed by atoms with Crippen LogP contribution in [0.5, 0.6) is 5.88 Å². The molecule has 0 unspecified atom stereocenters. The number of nitrogens with one attached hydrogen (secondary N) is 1. The van der Waals surface area contributed by atoms with Crippen LogP contribution in [0.25, 0.3) is 0 Å². The molecule has 7 heteroatoms. The third kappa shape index (κ3) is 4.09. The van der Waals surface area contributed by atoms with Crippen molar-refractivity contribution in [1.29, 1.82) is 0 Å². The molecular formula is C12H10Cl2N2O2S. The van der Waals surface area contributed by atoms with Crippen LogP contribution in [0.1, 0.15) is 9.67 Å². The van der Waals surface area contributed by atoms with Crippen molar-refractivity contribution in [1.82, 2.24) is 10.3 Å². The molecule has 100 valence electrons. The van der Waals surface area contributed by atoms with E-state index in [1.807, 2.05) is 0 Å². The number of amides is 1. The first kappa shape index (κ1) is 14.1. The Morgan fingerprint density at radius 3 is 2.84 bits per heavy atom. The average Bonchev–Trinajstić information content (AvgIpc) is 2.83. The van der Waals surface area contributed by atoms with Gasteiger partial charge in [0.05, 0.1) is 16.6 Å². The quantitative estimate of drug-likeness (QED) is 0.861. The van der Waals surface area contributed by atoms with Crippen LogP contribution in [0.4, 0.5) is 0 Å². The molecular weight excluding hydrogens is 307 g/mol. The molecule has 0 bridgehead atoms. The predicted molar refractivity (Wildman–Crippen MR) is 76.4 cm³/mol. The van der Waals surface area contributed by atoms with Crippen molar-refractivity contribution < 1.29 is 9.53 Å². The summed E-state index contributed by atoms with van der Waals surface area (Å²) in [6, 6.07) is 5.05. The molecule has 0 aromatic carbocycles. The summed E-state index contributed by atoms with van der Waals surface area (Å²) in [6.07, 6.45) is 1.50. The molecule has 1 amide bonds. The van der Waals surface area contributed by atoms with Crippen LogP contribution in [0, 0.1) is 0 Å². The van der Waals surface area contributed by atoms with Gasteiger partial charge >= 0.3 is 0 Å². The Morgan fingerprint density at radius 2 is 2.21 bits per heavy atom. The highest BCUT2D eigenvalue weighted by molar-refractivity contribution is 7.12. The van der Waals surface area contributed by atoms with Crippen molar-refractivity contribution in [3.63, 3.8) is 0 Å². The number of carbonyl (C=O) groups is 1. The van der Waals surface area contributed by atoms with Gasteiger partial charge in [-0.1, -0.05) is 23.2 Å². The summed E-state index contributed by atoms with van der Waals surface area (Å²) in [5.41, 5.74) is 0. The van der Waals surface area contributed by atoms with Gasteiger partial charge in [0, 0.05) is 12.3 Å². The average molecular weight is 317 g/mol. The van der Waals surface area contributed by atoms with Crippen molar-refractivity contribution in [2.24, 2.45) is 0 Å². The first-order valence-electron chi connectivity index (χ1n) is 5.42. The number of rotatable bonds is 5. The maximum Gasteiger partial charge on any atom is 0.263 e. The Bertz CT molecular complexity index is 557. The number of thiophene rings is 1. The molecule has 0 saturated heterocycles. The van der Waals surface area contributed by atoms with E-state index < -0.39 is 0 Å². The normalized spacial score (nSPS) is 10.2. The van der Waals surface area contributed by atoms with Crippen molar-refractivity contribution in [3.8, 4) is 5.88 Å². The molecule has 0 aliphatic carbocycles. The zero-order chi connectivity index (χ0) is 13.7. The number of hydrogen-bond donors (Lipinski definition) is 1. The van der Waals surface area contributed by atoms with Gasteiger partial charge in [-0.15, -0.1) is 11.3 Å². The maximum atomic E-state index is 11.7. The molecule has 2 heterocycles. The molecule has 0 atom stereocenters. The van der Waals surface area contributed by atoms with E-state index in [9.17, 15) is 4.79 Å². The molecule has 1 N–H and O–H groups in total. The fourth-order valence-corrected chi connectivity index (χ4v) is 2.47. The van der Waals surface area contributed by atoms with Crippen molar-refractivity contribution in [3.05, 3.63) is 44.7 Å². The van der Waals surface area contributed by atoms with Crippen LogP contribution < -0.4 is 10.1 Å². The minimum Gasteiger partial charge on any atom is -0.476 e.